The van der Waals surface area contributed by atoms with Crippen molar-refractivity contribution in [2.45, 2.75) is 44.4 Å². The minimum atomic E-state index is -0.988. The number of carbonyl (C=O) groups excluding carboxylic acids is 2. The minimum absolute atomic E-state index is 0.106. The van der Waals surface area contributed by atoms with Crippen molar-refractivity contribution in [3.8, 4) is 11.5 Å². The van der Waals surface area contributed by atoms with Crippen LogP contribution in [0.5, 0.6) is 0 Å². The lowest BCUT2D eigenvalue weighted by Gasteiger charge is -2.44. The minimum Gasteiger partial charge on any atom is -0.463 e. The second-order valence-electron chi connectivity index (χ2n) is 8.16. The molecule has 0 spiro atoms. The molecule has 2 aliphatic rings. The van der Waals surface area contributed by atoms with Crippen LogP contribution in [0.3, 0.4) is 0 Å². The highest BCUT2D eigenvalue weighted by molar-refractivity contribution is 6.30. The maximum absolute atomic E-state index is 13.4. The van der Waals surface area contributed by atoms with E-state index >= 15 is 0 Å². The van der Waals surface area contributed by atoms with Gasteiger partial charge in [-0.15, -0.1) is 0 Å². The Morgan fingerprint density at radius 3 is 2.57 bits per heavy atom. The molecule has 0 bridgehead atoms. The number of hydrogen-bond acceptors (Lipinski definition) is 3. The summed E-state index contributed by atoms with van der Waals surface area (Å²) >= 11 is 5.95. The van der Waals surface area contributed by atoms with Crippen molar-refractivity contribution >= 4 is 23.4 Å². The van der Waals surface area contributed by atoms with Gasteiger partial charge in [0.05, 0.1) is 18.5 Å². The topological polar surface area (TPSA) is 67.5 Å². The molecule has 1 atom stereocenters. The van der Waals surface area contributed by atoms with Crippen molar-refractivity contribution in [2.75, 3.05) is 0 Å². The highest BCUT2D eigenvalue weighted by Crippen LogP contribution is 2.40. The van der Waals surface area contributed by atoms with E-state index < -0.39 is 5.54 Å². The molecule has 2 aromatic heterocycles. The first-order valence-corrected chi connectivity index (χ1v) is 10.4. The molecule has 0 unspecified atom stereocenters. The van der Waals surface area contributed by atoms with Gasteiger partial charge in [0.2, 0.25) is 5.91 Å². The van der Waals surface area contributed by atoms with Crippen LogP contribution < -0.4 is 5.32 Å². The third-order valence-corrected chi connectivity index (χ3v) is 6.21. The average molecular weight is 424 g/mol. The van der Waals surface area contributed by atoms with Gasteiger partial charge < -0.3 is 19.2 Å². The molecule has 1 aliphatic heterocycles. The second kappa shape index (κ2) is 7.06. The van der Waals surface area contributed by atoms with Crippen molar-refractivity contribution < 1.29 is 14.0 Å². The highest BCUT2D eigenvalue weighted by atomic mass is 35.5. The van der Waals surface area contributed by atoms with E-state index in [9.17, 15) is 9.59 Å². The molecule has 1 saturated carbocycles. The number of aromatic nitrogens is 1. The van der Waals surface area contributed by atoms with Gasteiger partial charge in [0.1, 0.15) is 17.0 Å². The number of rotatable bonds is 5. The molecule has 1 N–H and O–H groups in total. The molecule has 0 radical (unpaired) electrons. The number of nitrogens with one attached hydrogen (secondary N) is 1. The molecule has 3 heterocycles. The molecule has 7 heteroatoms. The molecule has 0 saturated heterocycles. The summed E-state index contributed by atoms with van der Waals surface area (Å²) in [6.07, 6.45) is 3.46. The Bertz CT molecular complexity index is 1100. The van der Waals surface area contributed by atoms with Crippen molar-refractivity contribution in [3.05, 3.63) is 71.1 Å². The van der Waals surface area contributed by atoms with E-state index in [0.29, 0.717) is 29.6 Å². The Morgan fingerprint density at radius 1 is 1.17 bits per heavy atom. The quantitative estimate of drug-likeness (QED) is 0.672. The fourth-order valence-corrected chi connectivity index (χ4v) is 4.38. The van der Waals surface area contributed by atoms with Crippen LogP contribution in [-0.4, -0.2) is 32.9 Å². The van der Waals surface area contributed by atoms with Crippen molar-refractivity contribution in [1.82, 2.24) is 14.8 Å². The van der Waals surface area contributed by atoms with Gasteiger partial charge in [-0.25, -0.2) is 0 Å². The summed E-state index contributed by atoms with van der Waals surface area (Å²) in [6, 6.07) is 14.9. The molecular formula is C23H22ClN3O3. The molecule has 3 aromatic rings. The Balaban J connectivity index is 1.46. The Hall–Kier alpha value is -2.99. The van der Waals surface area contributed by atoms with Gasteiger partial charge in [0.25, 0.3) is 5.91 Å². The molecule has 2 amide bonds. The zero-order chi connectivity index (χ0) is 20.9. The van der Waals surface area contributed by atoms with Crippen LogP contribution in [0.1, 0.15) is 35.8 Å². The molecule has 6 nitrogen and oxygen atoms in total. The van der Waals surface area contributed by atoms with Crippen LogP contribution >= 0.6 is 11.6 Å². The SMILES string of the molecule is C[C@]1(C(=O)NCc2ccc(Cl)cc2)Cn2c(ccc2-c2ccco2)C(=O)N1C1CC1. The Labute approximate surface area is 179 Å². The number of fused-ring (bicyclic) bond motifs is 1. The van der Waals surface area contributed by atoms with Crippen LogP contribution in [0.25, 0.3) is 11.5 Å². The lowest BCUT2D eigenvalue weighted by molar-refractivity contribution is -0.133. The summed E-state index contributed by atoms with van der Waals surface area (Å²) in [5.41, 5.74) is 1.36. The van der Waals surface area contributed by atoms with Gasteiger partial charge in [-0.05, 0) is 61.7 Å². The molecule has 1 aliphatic carbocycles. The monoisotopic (exact) mass is 423 g/mol. The molecular weight excluding hydrogens is 402 g/mol. The molecule has 1 aromatic carbocycles. The Morgan fingerprint density at radius 2 is 1.90 bits per heavy atom. The van der Waals surface area contributed by atoms with Gasteiger partial charge in [-0.1, -0.05) is 23.7 Å². The number of furan rings is 1. The number of carbonyl (C=O) groups is 2. The number of benzene rings is 1. The van der Waals surface area contributed by atoms with E-state index in [1.54, 1.807) is 23.3 Å². The van der Waals surface area contributed by atoms with E-state index in [0.717, 1.165) is 24.1 Å². The predicted molar refractivity (Wildman–Crippen MR) is 113 cm³/mol. The second-order valence-corrected chi connectivity index (χ2v) is 8.59. The van der Waals surface area contributed by atoms with Crippen LogP contribution in [-0.2, 0) is 17.9 Å². The summed E-state index contributed by atoms with van der Waals surface area (Å²) in [6.45, 7) is 2.61. The van der Waals surface area contributed by atoms with E-state index in [1.165, 1.54) is 0 Å². The average Bonchev–Trinajstić information content (AvgIpc) is 3.23. The summed E-state index contributed by atoms with van der Waals surface area (Å²) < 4.78 is 7.46. The number of nitrogens with zero attached hydrogens (tertiary/aromatic N) is 2. The first kappa shape index (κ1) is 19.0. The van der Waals surface area contributed by atoms with Gasteiger partial charge >= 0.3 is 0 Å². The first-order chi connectivity index (χ1) is 14.5. The number of hydrogen-bond donors (Lipinski definition) is 1. The fourth-order valence-electron chi connectivity index (χ4n) is 4.25. The van der Waals surface area contributed by atoms with Gasteiger partial charge in [-0.3, -0.25) is 9.59 Å². The van der Waals surface area contributed by atoms with Gasteiger partial charge in [-0.2, -0.15) is 0 Å². The molecule has 30 heavy (non-hydrogen) atoms. The van der Waals surface area contributed by atoms with Crippen LogP contribution in [0.4, 0.5) is 0 Å². The number of amides is 2. The van der Waals surface area contributed by atoms with Crippen molar-refractivity contribution in [1.29, 1.82) is 0 Å². The zero-order valence-corrected chi connectivity index (χ0v) is 17.4. The third kappa shape index (κ3) is 3.12. The largest absolute Gasteiger partial charge is 0.463 e. The summed E-state index contributed by atoms with van der Waals surface area (Å²) in [5.74, 6) is 0.408. The fraction of sp³-hybridized carbons (Fsp3) is 0.304. The first-order valence-electron chi connectivity index (χ1n) is 10.1. The molecule has 5 rings (SSSR count). The predicted octanol–water partition coefficient (Wildman–Crippen LogP) is 4.09. The van der Waals surface area contributed by atoms with Gasteiger partial charge in [0, 0.05) is 17.6 Å². The maximum Gasteiger partial charge on any atom is 0.271 e. The van der Waals surface area contributed by atoms with E-state index in [-0.39, 0.29) is 17.9 Å². The van der Waals surface area contributed by atoms with E-state index in [2.05, 4.69) is 5.32 Å². The standard InChI is InChI=1S/C23H22ClN3O3/c1-23(22(29)25-13-15-4-6-16(24)7-5-15)14-26-18(20-3-2-12-30-20)10-11-19(26)21(28)27(23)17-8-9-17/h2-7,10-12,17H,8-9,13-14H2,1H3,(H,25,29)/t23-/m1/s1. The summed E-state index contributed by atoms with van der Waals surface area (Å²) in [4.78, 5) is 28.6. The highest BCUT2D eigenvalue weighted by Gasteiger charge is 2.52. The third-order valence-electron chi connectivity index (χ3n) is 5.96. The summed E-state index contributed by atoms with van der Waals surface area (Å²) in [5, 5.41) is 3.68. The zero-order valence-electron chi connectivity index (χ0n) is 16.6. The smallest absolute Gasteiger partial charge is 0.271 e. The maximum atomic E-state index is 13.4. The molecule has 1 fully saturated rings. The van der Waals surface area contributed by atoms with Crippen LogP contribution in [0, 0.1) is 0 Å². The van der Waals surface area contributed by atoms with E-state index in [4.69, 9.17) is 16.0 Å². The Kier molecular flexibility index (Phi) is 4.47. The van der Waals surface area contributed by atoms with Crippen LogP contribution in [0.15, 0.2) is 59.2 Å². The lowest BCUT2D eigenvalue weighted by atomic mass is 9.94. The van der Waals surface area contributed by atoms with Gasteiger partial charge in [0.15, 0.2) is 0 Å². The normalized spacial score (nSPS) is 20.9. The molecule has 154 valence electrons. The van der Waals surface area contributed by atoms with Crippen molar-refractivity contribution in [3.63, 3.8) is 0 Å². The van der Waals surface area contributed by atoms with Crippen LogP contribution in [0.2, 0.25) is 5.02 Å². The van der Waals surface area contributed by atoms with E-state index in [1.807, 2.05) is 47.9 Å². The lowest BCUT2D eigenvalue weighted by Crippen LogP contribution is -2.64. The van der Waals surface area contributed by atoms with Crippen molar-refractivity contribution in [2.24, 2.45) is 0 Å². The summed E-state index contributed by atoms with van der Waals surface area (Å²) in [7, 11) is 0. The number of halogens is 1.